The van der Waals surface area contributed by atoms with Gasteiger partial charge in [0.2, 0.25) is 0 Å². The highest BCUT2D eigenvalue weighted by Crippen LogP contribution is 2.21. The Bertz CT molecular complexity index is 176. The van der Waals surface area contributed by atoms with E-state index in [1.807, 2.05) is 19.0 Å². The van der Waals surface area contributed by atoms with Gasteiger partial charge in [0.05, 0.1) is 12.2 Å². The highest BCUT2D eigenvalue weighted by atomic mass is 16.5. The highest BCUT2D eigenvalue weighted by Gasteiger charge is 2.26. The van der Waals surface area contributed by atoms with Crippen LogP contribution in [0.1, 0.15) is 19.3 Å². The van der Waals surface area contributed by atoms with Crippen molar-refractivity contribution in [3.8, 4) is 0 Å². The molecule has 4 nitrogen and oxygen atoms in total. The fraction of sp³-hybridized carbons (Fsp3) is 1.00. The first-order chi connectivity index (χ1) is 7.13. The van der Waals surface area contributed by atoms with Crippen LogP contribution in [0, 0.1) is 0 Å². The van der Waals surface area contributed by atoms with Gasteiger partial charge in [0, 0.05) is 26.2 Å². The molecular weight excluding hydrogens is 192 g/mol. The smallest absolute Gasteiger partial charge is 0.0791 e. The summed E-state index contributed by atoms with van der Waals surface area (Å²) in [4.78, 5) is 1.99. The molecule has 1 aliphatic carbocycles. The SMILES string of the molecule is COC1CCCC1NCC(O)CN(C)C. The zero-order valence-corrected chi connectivity index (χ0v) is 10.1. The third-order valence-corrected chi connectivity index (χ3v) is 2.95. The average Bonchev–Trinajstić information content (AvgIpc) is 2.60. The molecule has 4 heteroatoms. The van der Waals surface area contributed by atoms with Crippen molar-refractivity contribution in [3.63, 3.8) is 0 Å². The summed E-state index contributed by atoms with van der Waals surface area (Å²) in [5.41, 5.74) is 0. The molecule has 90 valence electrons. The summed E-state index contributed by atoms with van der Waals surface area (Å²) in [6, 6.07) is 0.423. The van der Waals surface area contributed by atoms with E-state index < -0.39 is 0 Å². The van der Waals surface area contributed by atoms with Gasteiger partial charge in [0.1, 0.15) is 0 Å². The average molecular weight is 216 g/mol. The maximum Gasteiger partial charge on any atom is 0.0791 e. The van der Waals surface area contributed by atoms with Gasteiger partial charge in [-0.2, -0.15) is 0 Å². The number of nitrogens with zero attached hydrogens (tertiary/aromatic N) is 1. The maximum atomic E-state index is 9.69. The summed E-state index contributed by atoms with van der Waals surface area (Å²) in [5, 5.41) is 13.1. The molecule has 0 radical (unpaired) electrons. The molecule has 0 heterocycles. The standard InChI is InChI=1S/C11H24N2O2/c1-13(2)8-9(14)7-12-10-5-4-6-11(10)15-3/h9-12,14H,4-8H2,1-3H3. The summed E-state index contributed by atoms with van der Waals surface area (Å²) in [6.07, 6.45) is 3.56. The number of ether oxygens (including phenoxy) is 1. The Balaban J connectivity index is 2.18. The van der Waals surface area contributed by atoms with Crippen molar-refractivity contribution in [1.29, 1.82) is 0 Å². The van der Waals surface area contributed by atoms with Crippen LogP contribution < -0.4 is 5.32 Å². The molecule has 0 spiro atoms. The number of aliphatic hydroxyl groups is 1. The number of hydrogen-bond donors (Lipinski definition) is 2. The van der Waals surface area contributed by atoms with E-state index in [1.54, 1.807) is 7.11 Å². The topological polar surface area (TPSA) is 44.7 Å². The molecule has 1 rings (SSSR count). The van der Waals surface area contributed by atoms with Crippen molar-refractivity contribution in [1.82, 2.24) is 10.2 Å². The van der Waals surface area contributed by atoms with Crippen LogP contribution in [0.4, 0.5) is 0 Å². The quantitative estimate of drug-likeness (QED) is 0.659. The minimum Gasteiger partial charge on any atom is -0.390 e. The summed E-state index contributed by atoms with van der Waals surface area (Å²) in [7, 11) is 5.70. The molecule has 0 aliphatic heterocycles. The van der Waals surface area contributed by atoms with Gasteiger partial charge in [-0.05, 0) is 33.4 Å². The van der Waals surface area contributed by atoms with Crippen molar-refractivity contribution >= 4 is 0 Å². The normalized spacial score (nSPS) is 28.6. The Hall–Kier alpha value is -0.160. The maximum absolute atomic E-state index is 9.69. The Kier molecular flexibility index (Phi) is 5.53. The van der Waals surface area contributed by atoms with E-state index in [-0.39, 0.29) is 6.10 Å². The molecule has 0 bridgehead atoms. The van der Waals surface area contributed by atoms with Crippen LogP contribution in [0.5, 0.6) is 0 Å². The summed E-state index contributed by atoms with van der Waals surface area (Å²) in [6.45, 7) is 1.36. The van der Waals surface area contributed by atoms with E-state index in [4.69, 9.17) is 4.74 Å². The first-order valence-electron chi connectivity index (χ1n) is 5.72. The Morgan fingerprint density at radius 2 is 2.20 bits per heavy atom. The first kappa shape index (κ1) is 12.9. The Labute approximate surface area is 92.6 Å². The number of hydrogen-bond acceptors (Lipinski definition) is 4. The van der Waals surface area contributed by atoms with Crippen molar-refractivity contribution < 1.29 is 9.84 Å². The van der Waals surface area contributed by atoms with Crippen molar-refractivity contribution in [2.75, 3.05) is 34.3 Å². The van der Waals surface area contributed by atoms with Crippen LogP contribution in [0.2, 0.25) is 0 Å². The molecule has 1 fully saturated rings. The zero-order chi connectivity index (χ0) is 11.3. The number of aliphatic hydroxyl groups excluding tert-OH is 1. The second-order valence-corrected chi connectivity index (χ2v) is 4.64. The van der Waals surface area contributed by atoms with Crippen molar-refractivity contribution in [2.45, 2.75) is 37.5 Å². The summed E-state index contributed by atoms with van der Waals surface area (Å²) < 4.78 is 5.38. The van der Waals surface area contributed by atoms with E-state index in [9.17, 15) is 5.11 Å². The lowest BCUT2D eigenvalue weighted by atomic mass is 10.2. The van der Waals surface area contributed by atoms with Gasteiger partial charge in [0.25, 0.3) is 0 Å². The molecule has 1 aliphatic rings. The number of nitrogens with one attached hydrogen (secondary N) is 1. The molecule has 0 aromatic heterocycles. The predicted molar refractivity (Wildman–Crippen MR) is 61.0 cm³/mol. The van der Waals surface area contributed by atoms with E-state index in [1.165, 1.54) is 6.42 Å². The van der Waals surface area contributed by atoms with Gasteiger partial charge in [0.15, 0.2) is 0 Å². The zero-order valence-electron chi connectivity index (χ0n) is 10.1. The highest BCUT2D eigenvalue weighted by molar-refractivity contribution is 4.84. The fourth-order valence-corrected chi connectivity index (χ4v) is 2.22. The van der Waals surface area contributed by atoms with E-state index in [0.29, 0.717) is 25.2 Å². The molecule has 0 amide bonds. The Morgan fingerprint density at radius 3 is 2.80 bits per heavy atom. The van der Waals surface area contributed by atoms with Crippen LogP contribution in [0.15, 0.2) is 0 Å². The third kappa shape index (κ3) is 4.47. The van der Waals surface area contributed by atoms with Crippen LogP contribution in [0.3, 0.4) is 0 Å². The van der Waals surface area contributed by atoms with E-state index in [0.717, 1.165) is 12.8 Å². The van der Waals surface area contributed by atoms with Crippen LogP contribution in [-0.2, 0) is 4.74 Å². The van der Waals surface area contributed by atoms with Crippen LogP contribution >= 0.6 is 0 Å². The molecule has 0 aromatic carbocycles. The van der Waals surface area contributed by atoms with Crippen LogP contribution in [-0.4, -0.2) is 62.6 Å². The van der Waals surface area contributed by atoms with E-state index in [2.05, 4.69) is 5.32 Å². The van der Waals surface area contributed by atoms with Crippen molar-refractivity contribution in [2.24, 2.45) is 0 Å². The minimum atomic E-state index is -0.293. The monoisotopic (exact) mass is 216 g/mol. The minimum absolute atomic E-state index is 0.293. The lowest BCUT2D eigenvalue weighted by molar-refractivity contribution is 0.0745. The van der Waals surface area contributed by atoms with Crippen molar-refractivity contribution in [3.05, 3.63) is 0 Å². The summed E-state index contributed by atoms with van der Waals surface area (Å²) >= 11 is 0. The van der Waals surface area contributed by atoms with Crippen LogP contribution in [0.25, 0.3) is 0 Å². The van der Waals surface area contributed by atoms with Gasteiger partial charge in [-0.15, -0.1) is 0 Å². The number of likely N-dealkylation sites (N-methyl/N-ethyl adjacent to an activating group) is 1. The van der Waals surface area contributed by atoms with E-state index >= 15 is 0 Å². The lowest BCUT2D eigenvalue weighted by Crippen LogP contribution is -2.43. The number of rotatable bonds is 6. The molecule has 3 unspecified atom stereocenters. The Morgan fingerprint density at radius 1 is 1.47 bits per heavy atom. The molecule has 2 N–H and O–H groups in total. The van der Waals surface area contributed by atoms with Gasteiger partial charge < -0.3 is 20.1 Å². The fourth-order valence-electron chi connectivity index (χ4n) is 2.22. The molecule has 1 saturated carbocycles. The predicted octanol–water partition coefficient (Wildman–Crippen LogP) is 0.0660. The molecule has 0 aromatic rings. The number of methoxy groups -OCH3 is 1. The molecular formula is C11H24N2O2. The lowest BCUT2D eigenvalue weighted by Gasteiger charge is -2.22. The second-order valence-electron chi connectivity index (χ2n) is 4.64. The third-order valence-electron chi connectivity index (χ3n) is 2.95. The molecule has 3 atom stereocenters. The largest absolute Gasteiger partial charge is 0.390 e. The second kappa shape index (κ2) is 6.43. The van der Waals surface area contributed by atoms with Gasteiger partial charge in [-0.3, -0.25) is 0 Å². The first-order valence-corrected chi connectivity index (χ1v) is 5.72. The van der Waals surface area contributed by atoms with Gasteiger partial charge in [-0.25, -0.2) is 0 Å². The molecule has 0 saturated heterocycles. The van der Waals surface area contributed by atoms with Gasteiger partial charge in [-0.1, -0.05) is 0 Å². The summed E-state index contributed by atoms with van der Waals surface area (Å²) in [5.74, 6) is 0. The molecule has 15 heavy (non-hydrogen) atoms. The van der Waals surface area contributed by atoms with Gasteiger partial charge >= 0.3 is 0 Å².